The molecule has 0 saturated heterocycles. The van der Waals surface area contributed by atoms with Gasteiger partial charge in [0.05, 0.1) is 17.7 Å². The average Bonchev–Trinajstić information content (AvgIpc) is 2.28. The van der Waals surface area contributed by atoms with Crippen LogP contribution >= 0.6 is 0 Å². The fourth-order valence-electron chi connectivity index (χ4n) is 1.20. The SMILES string of the molecule is CCOC(=O)c1ccc(C#N)c(OC(C)=O)c1. The number of rotatable bonds is 3. The normalized spacial score (nSPS) is 9.24. The first kappa shape index (κ1) is 12.7. The summed E-state index contributed by atoms with van der Waals surface area (Å²) in [5.74, 6) is -1.02. The molecule has 88 valence electrons. The van der Waals surface area contributed by atoms with E-state index in [4.69, 9.17) is 14.7 Å². The summed E-state index contributed by atoms with van der Waals surface area (Å²) in [5.41, 5.74) is 0.426. The van der Waals surface area contributed by atoms with Crippen molar-refractivity contribution in [1.29, 1.82) is 5.26 Å². The number of esters is 2. The van der Waals surface area contributed by atoms with E-state index < -0.39 is 11.9 Å². The van der Waals surface area contributed by atoms with Crippen LogP contribution in [0.25, 0.3) is 0 Å². The number of nitriles is 1. The number of ether oxygens (including phenoxy) is 2. The lowest BCUT2D eigenvalue weighted by Crippen LogP contribution is -2.07. The Morgan fingerprint density at radius 3 is 2.65 bits per heavy atom. The van der Waals surface area contributed by atoms with E-state index in [9.17, 15) is 9.59 Å². The van der Waals surface area contributed by atoms with Gasteiger partial charge in [-0.1, -0.05) is 0 Å². The average molecular weight is 233 g/mol. The monoisotopic (exact) mass is 233 g/mol. The maximum atomic E-state index is 11.4. The van der Waals surface area contributed by atoms with E-state index in [2.05, 4.69) is 0 Å². The third-order valence-electron chi connectivity index (χ3n) is 1.87. The number of hydrogen-bond acceptors (Lipinski definition) is 5. The van der Waals surface area contributed by atoms with Crippen LogP contribution < -0.4 is 4.74 Å². The summed E-state index contributed by atoms with van der Waals surface area (Å²) in [6, 6.07) is 6.04. The molecule has 5 heteroatoms. The van der Waals surface area contributed by atoms with Crippen LogP contribution in [0.1, 0.15) is 29.8 Å². The molecule has 0 saturated carbocycles. The van der Waals surface area contributed by atoms with Gasteiger partial charge >= 0.3 is 11.9 Å². The van der Waals surface area contributed by atoms with Crippen molar-refractivity contribution in [2.24, 2.45) is 0 Å². The molecule has 0 aromatic heterocycles. The molecule has 0 aliphatic rings. The molecule has 5 nitrogen and oxygen atoms in total. The van der Waals surface area contributed by atoms with Crippen LogP contribution in [-0.4, -0.2) is 18.5 Å². The van der Waals surface area contributed by atoms with Crippen molar-refractivity contribution >= 4 is 11.9 Å². The Bertz CT molecular complexity index is 488. The van der Waals surface area contributed by atoms with Gasteiger partial charge in [-0.2, -0.15) is 5.26 Å². The molecule has 1 rings (SSSR count). The molecule has 0 heterocycles. The zero-order chi connectivity index (χ0) is 12.8. The number of hydrogen-bond donors (Lipinski definition) is 0. The number of carbonyl (C=O) groups excluding carboxylic acids is 2. The molecule has 0 spiro atoms. The molecule has 0 atom stereocenters. The van der Waals surface area contributed by atoms with Gasteiger partial charge in [-0.05, 0) is 25.1 Å². The fraction of sp³-hybridized carbons (Fsp3) is 0.250. The molecule has 17 heavy (non-hydrogen) atoms. The van der Waals surface area contributed by atoms with Gasteiger partial charge < -0.3 is 9.47 Å². The largest absolute Gasteiger partial charge is 0.462 e. The summed E-state index contributed by atoms with van der Waals surface area (Å²) in [5, 5.41) is 8.81. The second-order valence-electron chi connectivity index (χ2n) is 3.14. The summed E-state index contributed by atoms with van der Waals surface area (Å²) in [4.78, 5) is 22.3. The summed E-state index contributed by atoms with van der Waals surface area (Å²) < 4.78 is 9.64. The zero-order valence-electron chi connectivity index (χ0n) is 9.52. The standard InChI is InChI=1S/C12H11NO4/c1-3-16-12(15)9-4-5-10(7-13)11(6-9)17-8(2)14/h4-6H,3H2,1-2H3. The molecule has 0 bridgehead atoms. The summed E-state index contributed by atoms with van der Waals surface area (Å²) in [6.07, 6.45) is 0. The van der Waals surface area contributed by atoms with Crippen molar-refractivity contribution < 1.29 is 19.1 Å². The van der Waals surface area contributed by atoms with Gasteiger partial charge in [0.15, 0.2) is 0 Å². The van der Waals surface area contributed by atoms with Gasteiger partial charge in [0.25, 0.3) is 0 Å². The Balaban J connectivity index is 3.09. The molecule has 1 aromatic carbocycles. The minimum absolute atomic E-state index is 0.0607. The number of benzene rings is 1. The van der Waals surface area contributed by atoms with Crippen LogP contribution in [0.2, 0.25) is 0 Å². The topological polar surface area (TPSA) is 76.4 Å². The van der Waals surface area contributed by atoms with Crippen molar-refractivity contribution in [1.82, 2.24) is 0 Å². The summed E-state index contributed by atoms with van der Waals surface area (Å²) >= 11 is 0. The quantitative estimate of drug-likeness (QED) is 0.586. The first-order valence-corrected chi connectivity index (χ1v) is 4.98. The maximum absolute atomic E-state index is 11.4. The molecule has 0 unspecified atom stereocenters. The molecule has 0 aliphatic carbocycles. The lowest BCUT2D eigenvalue weighted by molar-refractivity contribution is -0.131. The van der Waals surface area contributed by atoms with Gasteiger partial charge in [0, 0.05) is 6.92 Å². The predicted octanol–water partition coefficient (Wildman–Crippen LogP) is 1.66. The fourth-order valence-corrected chi connectivity index (χ4v) is 1.20. The molecular formula is C12H11NO4. The third kappa shape index (κ3) is 3.31. The second-order valence-corrected chi connectivity index (χ2v) is 3.14. The lowest BCUT2D eigenvalue weighted by Gasteiger charge is -2.06. The van der Waals surface area contributed by atoms with Crippen molar-refractivity contribution in [2.75, 3.05) is 6.61 Å². The van der Waals surface area contributed by atoms with Crippen molar-refractivity contribution in [2.45, 2.75) is 13.8 Å². The Morgan fingerprint density at radius 1 is 1.41 bits per heavy atom. The van der Waals surface area contributed by atoms with Crippen LogP contribution in [0.5, 0.6) is 5.75 Å². The first-order chi connectivity index (χ1) is 8.08. The number of nitrogens with zero attached hydrogens (tertiary/aromatic N) is 1. The van der Waals surface area contributed by atoms with E-state index in [-0.39, 0.29) is 23.5 Å². The van der Waals surface area contributed by atoms with Crippen LogP contribution in [0.15, 0.2) is 18.2 Å². The molecule has 1 aromatic rings. The van der Waals surface area contributed by atoms with Crippen LogP contribution in [0.3, 0.4) is 0 Å². The van der Waals surface area contributed by atoms with Gasteiger partial charge in [0.1, 0.15) is 11.8 Å². The molecule has 0 radical (unpaired) electrons. The maximum Gasteiger partial charge on any atom is 0.338 e. The highest BCUT2D eigenvalue weighted by atomic mass is 16.5. The Hall–Kier alpha value is -2.35. The van der Waals surface area contributed by atoms with Crippen LogP contribution in [-0.2, 0) is 9.53 Å². The van der Waals surface area contributed by atoms with Gasteiger partial charge in [-0.25, -0.2) is 4.79 Å². The highest BCUT2D eigenvalue weighted by molar-refractivity contribution is 5.90. The smallest absolute Gasteiger partial charge is 0.338 e. The molecule has 0 N–H and O–H groups in total. The van der Waals surface area contributed by atoms with Crippen LogP contribution in [0, 0.1) is 11.3 Å². The van der Waals surface area contributed by atoms with Crippen molar-refractivity contribution in [3.05, 3.63) is 29.3 Å². The van der Waals surface area contributed by atoms with Gasteiger partial charge in [-0.3, -0.25) is 4.79 Å². The van der Waals surface area contributed by atoms with E-state index in [1.54, 1.807) is 6.92 Å². The van der Waals surface area contributed by atoms with E-state index in [0.717, 1.165) is 0 Å². The van der Waals surface area contributed by atoms with E-state index >= 15 is 0 Å². The summed E-state index contributed by atoms with van der Waals surface area (Å²) in [6.45, 7) is 3.16. The Kier molecular flexibility index (Phi) is 4.23. The molecule has 0 aliphatic heterocycles. The molecular weight excluding hydrogens is 222 g/mol. The Labute approximate surface area is 98.6 Å². The lowest BCUT2D eigenvalue weighted by atomic mass is 10.1. The summed E-state index contributed by atoms with van der Waals surface area (Å²) in [7, 11) is 0. The first-order valence-electron chi connectivity index (χ1n) is 4.98. The Morgan fingerprint density at radius 2 is 2.12 bits per heavy atom. The van der Waals surface area contributed by atoms with Crippen molar-refractivity contribution in [3.8, 4) is 11.8 Å². The van der Waals surface area contributed by atoms with Crippen LogP contribution in [0.4, 0.5) is 0 Å². The minimum Gasteiger partial charge on any atom is -0.462 e. The van der Waals surface area contributed by atoms with Crippen molar-refractivity contribution in [3.63, 3.8) is 0 Å². The molecule has 0 fully saturated rings. The zero-order valence-corrected chi connectivity index (χ0v) is 9.52. The predicted molar refractivity (Wildman–Crippen MR) is 58.4 cm³/mol. The molecule has 0 amide bonds. The van der Waals surface area contributed by atoms with Gasteiger partial charge in [0.2, 0.25) is 0 Å². The van der Waals surface area contributed by atoms with Gasteiger partial charge in [-0.15, -0.1) is 0 Å². The van der Waals surface area contributed by atoms with E-state index in [0.29, 0.717) is 0 Å². The van der Waals surface area contributed by atoms with E-state index in [1.165, 1.54) is 25.1 Å². The minimum atomic E-state index is -0.553. The number of carbonyl (C=O) groups is 2. The van der Waals surface area contributed by atoms with E-state index in [1.807, 2.05) is 6.07 Å². The highest BCUT2D eigenvalue weighted by Gasteiger charge is 2.12. The highest BCUT2D eigenvalue weighted by Crippen LogP contribution is 2.20. The second kappa shape index (κ2) is 5.66. The third-order valence-corrected chi connectivity index (χ3v) is 1.87.